The quantitative estimate of drug-likeness (QED) is 0.849. The van der Waals surface area contributed by atoms with Gasteiger partial charge >= 0.3 is 0 Å². The number of rotatable bonds is 3. The van der Waals surface area contributed by atoms with Crippen molar-refractivity contribution in [3.05, 3.63) is 34.6 Å². The van der Waals surface area contributed by atoms with Crippen LogP contribution >= 0.6 is 35.4 Å². The molecule has 88 valence electrons. The summed E-state index contributed by atoms with van der Waals surface area (Å²) < 4.78 is 4.08. The predicted molar refractivity (Wildman–Crippen MR) is 75.3 cm³/mol. The molecule has 0 fully saturated rings. The zero-order valence-corrected chi connectivity index (χ0v) is 11.3. The third-order valence-corrected chi connectivity index (χ3v) is 3.27. The van der Waals surface area contributed by atoms with E-state index in [-0.39, 0.29) is 4.99 Å². The number of hydrogen-bond acceptors (Lipinski definition) is 5. The second kappa shape index (κ2) is 4.95. The molecule has 0 aliphatic rings. The van der Waals surface area contributed by atoms with Gasteiger partial charge in [0.2, 0.25) is 5.13 Å². The van der Waals surface area contributed by atoms with Gasteiger partial charge in [-0.15, -0.1) is 0 Å². The maximum absolute atomic E-state index is 6.06. The molecular weight excluding hydrogens is 276 g/mol. The summed E-state index contributed by atoms with van der Waals surface area (Å²) >= 11 is 12.3. The number of benzene rings is 1. The first-order valence-electron chi connectivity index (χ1n) is 4.73. The Bertz CT molecular complexity index is 567. The van der Waals surface area contributed by atoms with Crippen molar-refractivity contribution in [2.45, 2.75) is 6.92 Å². The molecule has 0 aliphatic carbocycles. The Morgan fingerprint density at radius 2 is 2.29 bits per heavy atom. The van der Waals surface area contributed by atoms with Crippen molar-refractivity contribution in [3.8, 4) is 0 Å². The average molecular weight is 285 g/mol. The van der Waals surface area contributed by atoms with Crippen LogP contribution in [0, 0.1) is 6.92 Å². The molecule has 17 heavy (non-hydrogen) atoms. The van der Waals surface area contributed by atoms with Gasteiger partial charge in [0.05, 0.1) is 16.3 Å². The van der Waals surface area contributed by atoms with Crippen LogP contribution in [-0.2, 0) is 0 Å². The first kappa shape index (κ1) is 12.2. The number of halogens is 1. The molecule has 7 heteroatoms. The summed E-state index contributed by atoms with van der Waals surface area (Å²) in [6.07, 6.45) is 0. The summed E-state index contributed by atoms with van der Waals surface area (Å²) in [5.41, 5.74) is 7.01. The molecule has 4 nitrogen and oxygen atoms in total. The molecule has 2 aromatic rings. The van der Waals surface area contributed by atoms with Gasteiger partial charge in [-0.25, -0.2) is 4.98 Å². The van der Waals surface area contributed by atoms with E-state index < -0.39 is 0 Å². The fourth-order valence-corrected chi connectivity index (χ4v) is 2.48. The van der Waals surface area contributed by atoms with Crippen LogP contribution in [0.4, 0.5) is 10.8 Å². The lowest BCUT2D eigenvalue weighted by atomic mass is 10.2. The number of aromatic nitrogens is 2. The maximum Gasteiger partial charge on any atom is 0.207 e. The number of thiocarbonyl (C=S) groups is 1. The van der Waals surface area contributed by atoms with Gasteiger partial charge in [0.15, 0.2) is 0 Å². The van der Waals surface area contributed by atoms with Crippen LogP contribution in [-0.4, -0.2) is 14.3 Å². The van der Waals surface area contributed by atoms with Crippen LogP contribution in [0.1, 0.15) is 11.4 Å². The molecule has 1 heterocycles. The van der Waals surface area contributed by atoms with E-state index in [1.807, 2.05) is 19.1 Å². The van der Waals surface area contributed by atoms with E-state index in [0.717, 1.165) is 11.5 Å². The summed E-state index contributed by atoms with van der Waals surface area (Å²) in [5.74, 6) is 0.719. The maximum atomic E-state index is 6.06. The number of nitrogens with one attached hydrogen (secondary N) is 1. The van der Waals surface area contributed by atoms with Crippen molar-refractivity contribution >= 4 is 51.2 Å². The van der Waals surface area contributed by atoms with Crippen molar-refractivity contribution in [2.75, 3.05) is 5.32 Å². The monoisotopic (exact) mass is 284 g/mol. The van der Waals surface area contributed by atoms with Crippen molar-refractivity contribution in [3.63, 3.8) is 0 Å². The molecule has 0 unspecified atom stereocenters. The third-order valence-electron chi connectivity index (χ3n) is 2.03. The summed E-state index contributed by atoms with van der Waals surface area (Å²) in [6.45, 7) is 1.83. The van der Waals surface area contributed by atoms with Crippen LogP contribution in [0.2, 0.25) is 5.02 Å². The fourth-order valence-electron chi connectivity index (χ4n) is 1.34. The van der Waals surface area contributed by atoms with E-state index in [0.29, 0.717) is 15.7 Å². The van der Waals surface area contributed by atoms with Crippen LogP contribution in [0.5, 0.6) is 0 Å². The van der Waals surface area contributed by atoms with Crippen LogP contribution in [0.25, 0.3) is 0 Å². The van der Waals surface area contributed by atoms with E-state index in [9.17, 15) is 0 Å². The molecule has 1 aromatic heterocycles. The molecule has 0 radical (unpaired) electrons. The standard InChI is InChI=1S/C10H9ClN4S2/c1-5-13-10(17-15-5)14-7-4-2-3-6(11)8(7)9(12)16/h2-4H,1H3,(H2,12,16)(H,13,14,15). The highest BCUT2D eigenvalue weighted by molar-refractivity contribution is 7.80. The van der Waals surface area contributed by atoms with Crippen LogP contribution in [0.3, 0.4) is 0 Å². The number of aryl methyl sites for hydroxylation is 1. The molecule has 1 aromatic carbocycles. The van der Waals surface area contributed by atoms with E-state index in [2.05, 4.69) is 14.7 Å². The lowest BCUT2D eigenvalue weighted by Gasteiger charge is -2.09. The average Bonchev–Trinajstić information content (AvgIpc) is 2.63. The Hall–Kier alpha value is -1.24. The molecule has 0 aliphatic heterocycles. The topological polar surface area (TPSA) is 63.8 Å². The van der Waals surface area contributed by atoms with Crippen LogP contribution < -0.4 is 11.1 Å². The molecule has 0 saturated carbocycles. The first-order chi connectivity index (χ1) is 8.08. The second-order valence-electron chi connectivity index (χ2n) is 3.30. The van der Waals surface area contributed by atoms with E-state index >= 15 is 0 Å². The Morgan fingerprint density at radius 1 is 1.53 bits per heavy atom. The largest absolute Gasteiger partial charge is 0.389 e. The van der Waals surface area contributed by atoms with E-state index in [1.54, 1.807) is 6.07 Å². The molecule has 3 N–H and O–H groups in total. The molecule has 2 rings (SSSR count). The lowest BCUT2D eigenvalue weighted by Crippen LogP contribution is -2.12. The Labute approximate surface area is 113 Å². The normalized spacial score (nSPS) is 10.2. The first-order valence-corrected chi connectivity index (χ1v) is 6.29. The minimum absolute atomic E-state index is 0.249. The Balaban J connectivity index is 2.39. The van der Waals surface area contributed by atoms with Gasteiger partial charge in [0, 0.05) is 11.5 Å². The third kappa shape index (κ3) is 2.71. The molecule has 0 saturated heterocycles. The van der Waals surface area contributed by atoms with E-state index in [1.165, 1.54) is 11.5 Å². The highest BCUT2D eigenvalue weighted by atomic mass is 35.5. The number of nitrogens with two attached hydrogens (primary N) is 1. The summed E-state index contributed by atoms with van der Waals surface area (Å²) in [5, 5.41) is 4.31. The van der Waals surface area contributed by atoms with Gasteiger partial charge in [0.1, 0.15) is 10.8 Å². The summed E-state index contributed by atoms with van der Waals surface area (Å²) in [7, 11) is 0. The summed E-state index contributed by atoms with van der Waals surface area (Å²) in [6, 6.07) is 5.41. The Morgan fingerprint density at radius 3 is 2.88 bits per heavy atom. The van der Waals surface area contributed by atoms with Gasteiger partial charge in [-0.2, -0.15) is 4.37 Å². The van der Waals surface area contributed by atoms with Gasteiger partial charge in [-0.1, -0.05) is 29.9 Å². The van der Waals surface area contributed by atoms with Crippen molar-refractivity contribution in [2.24, 2.45) is 5.73 Å². The van der Waals surface area contributed by atoms with Crippen molar-refractivity contribution < 1.29 is 0 Å². The van der Waals surface area contributed by atoms with Crippen molar-refractivity contribution in [1.82, 2.24) is 9.36 Å². The number of hydrogen-bond donors (Lipinski definition) is 2. The van der Waals surface area contributed by atoms with Gasteiger partial charge in [-0.05, 0) is 19.1 Å². The van der Waals surface area contributed by atoms with Gasteiger partial charge in [-0.3, -0.25) is 0 Å². The highest BCUT2D eigenvalue weighted by Crippen LogP contribution is 2.27. The van der Waals surface area contributed by atoms with Gasteiger partial charge < -0.3 is 11.1 Å². The number of anilines is 2. The van der Waals surface area contributed by atoms with Crippen LogP contribution in [0.15, 0.2) is 18.2 Å². The lowest BCUT2D eigenvalue weighted by molar-refractivity contribution is 1.17. The zero-order chi connectivity index (χ0) is 12.4. The van der Waals surface area contributed by atoms with Crippen molar-refractivity contribution in [1.29, 1.82) is 0 Å². The molecular formula is C10H9ClN4S2. The van der Waals surface area contributed by atoms with Gasteiger partial charge in [0.25, 0.3) is 0 Å². The minimum Gasteiger partial charge on any atom is -0.389 e. The molecule has 0 amide bonds. The predicted octanol–water partition coefficient (Wildman–Crippen LogP) is 2.88. The molecule has 0 bridgehead atoms. The summed E-state index contributed by atoms with van der Waals surface area (Å²) in [4.78, 5) is 4.45. The smallest absolute Gasteiger partial charge is 0.207 e. The second-order valence-corrected chi connectivity index (χ2v) is 4.90. The molecule has 0 atom stereocenters. The zero-order valence-electron chi connectivity index (χ0n) is 8.90. The minimum atomic E-state index is 0.249. The SMILES string of the molecule is Cc1nsc(Nc2cccc(Cl)c2C(N)=S)n1. The highest BCUT2D eigenvalue weighted by Gasteiger charge is 2.11. The van der Waals surface area contributed by atoms with E-state index in [4.69, 9.17) is 29.6 Å². The number of nitrogens with zero attached hydrogens (tertiary/aromatic N) is 2. The molecule has 0 spiro atoms. The Kier molecular flexibility index (Phi) is 3.56. The fraction of sp³-hybridized carbons (Fsp3) is 0.100.